The Kier molecular flexibility index (Phi) is 5.82. The van der Waals surface area contributed by atoms with Gasteiger partial charge in [0, 0.05) is 28.3 Å². The lowest BCUT2D eigenvalue weighted by atomic mass is 10.1. The van der Waals surface area contributed by atoms with Crippen molar-refractivity contribution in [1.29, 1.82) is 5.26 Å². The third-order valence-electron chi connectivity index (χ3n) is 4.35. The van der Waals surface area contributed by atoms with E-state index in [-0.39, 0.29) is 11.1 Å². The molecule has 1 aromatic heterocycles. The lowest BCUT2D eigenvalue weighted by molar-refractivity contribution is -0.112. The van der Waals surface area contributed by atoms with Crippen LogP contribution in [0.2, 0.25) is 5.02 Å². The Hall–Kier alpha value is -3.82. The number of aromatic nitrogens is 1. The summed E-state index contributed by atoms with van der Waals surface area (Å²) in [7, 11) is 0. The van der Waals surface area contributed by atoms with E-state index in [1.165, 1.54) is 18.2 Å². The standard InChI is InChI=1S/C22H16ClN3O3/c1-14-19(23)5-2-6-20(14)25-21(27)16(13-24)12-18-4-3-11-26(18)17-9-7-15(8-10-17)22(28)29/h2-12H,1H3,(H,25,27)(H,28,29)/b16-12-. The zero-order valence-electron chi connectivity index (χ0n) is 15.4. The van der Waals surface area contributed by atoms with Crippen molar-refractivity contribution in [2.45, 2.75) is 6.92 Å². The van der Waals surface area contributed by atoms with E-state index in [0.29, 0.717) is 27.7 Å². The molecule has 0 aliphatic rings. The molecule has 144 valence electrons. The first-order valence-corrected chi connectivity index (χ1v) is 8.98. The summed E-state index contributed by atoms with van der Waals surface area (Å²) in [6.07, 6.45) is 3.23. The first-order valence-electron chi connectivity index (χ1n) is 8.60. The SMILES string of the molecule is Cc1c(Cl)cccc1NC(=O)/C(C#N)=C\c1cccn1-c1ccc(C(=O)O)cc1. The Morgan fingerprint density at radius 2 is 1.86 bits per heavy atom. The van der Waals surface area contributed by atoms with Crippen molar-refractivity contribution in [3.63, 3.8) is 0 Å². The molecule has 3 aromatic rings. The van der Waals surface area contributed by atoms with E-state index >= 15 is 0 Å². The summed E-state index contributed by atoms with van der Waals surface area (Å²) in [5.74, 6) is -1.56. The molecule has 0 fully saturated rings. The Bertz CT molecular complexity index is 1150. The van der Waals surface area contributed by atoms with E-state index in [9.17, 15) is 14.9 Å². The highest BCUT2D eigenvalue weighted by molar-refractivity contribution is 6.31. The minimum Gasteiger partial charge on any atom is -0.478 e. The molecule has 0 aliphatic heterocycles. The van der Waals surface area contributed by atoms with Crippen molar-refractivity contribution in [2.24, 2.45) is 0 Å². The summed E-state index contributed by atoms with van der Waals surface area (Å²) in [6, 6.07) is 16.9. The Morgan fingerprint density at radius 1 is 1.14 bits per heavy atom. The van der Waals surface area contributed by atoms with Crippen molar-refractivity contribution in [1.82, 2.24) is 4.57 Å². The topological polar surface area (TPSA) is 95.1 Å². The number of nitriles is 1. The maximum atomic E-state index is 12.6. The number of amides is 1. The van der Waals surface area contributed by atoms with E-state index in [4.69, 9.17) is 16.7 Å². The van der Waals surface area contributed by atoms with Crippen LogP contribution in [-0.4, -0.2) is 21.6 Å². The van der Waals surface area contributed by atoms with Gasteiger partial charge in [-0.15, -0.1) is 0 Å². The number of halogens is 1. The second-order valence-corrected chi connectivity index (χ2v) is 6.60. The van der Waals surface area contributed by atoms with Crippen molar-refractivity contribution in [3.05, 3.63) is 88.2 Å². The summed E-state index contributed by atoms with van der Waals surface area (Å²) < 4.78 is 1.75. The predicted octanol–water partition coefficient (Wildman–Crippen LogP) is 4.68. The molecule has 0 saturated carbocycles. The molecular weight excluding hydrogens is 390 g/mol. The van der Waals surface area contributed by atoms with Crippen LogP contribution >= 0.6 is 11.6 Å². The second-order valence-electron chi connectivity index (χ2n) is 6.19. The fraction of sp³-hybridized carbons (Fsp3) is 0.0455. The number of carbonyl (C=O) groups excluding carboxylic acids is 1. The van der Waals surface area contributed by atoms with Crippen LogP contribution in [-0.2, 0) is 4.79 Å². The fourth-order valence-electron chi connectivity index (χ4n) is 2.74. The van der Waals surface area contributed by atoms with Crippen LogP contribution in [0.1, 0.15) is 21.6 Å². The third kappa shape index (κ3) is 4.37. The van der Waals surface area contributed by atoms with Gasteiger partial charge in [0.1, 0.15) is 11.6 Å². The van der Waals surface area contributed by atoms with Gasteiger partial charge in [0.15, 0.2) is 0 Å². The quantitative estimate of drug-likeness (QED) is 0.475. The van der Waals surface area contributed by atoms with Gasteiger partial charge in [0.2, 0.25) is 0 Å². The molecule has 1 amide bonds. The number of carbonyl (C=O) groups is 2. The molecule has 7 heteroatoms. The van der Waals surface area contributed by atoms with Gasteiger partial charge in [-0.2, -0.15) is 5.26 Å². The van der Waals surface area contributed by atoms with E-state index in [0.717, 1.165) is 0 Å². The minimum absolute atomic E-state index is 0.0773. The average molecular weight is 406 g/mol. The first kappa shape index (κ1) is 19.9. The van der Waals surface area contributed by atoms with Crippen LogP contribution in [0.4, 0.5) is 5.69 Å². The number of benzene rings is 2. The van der Waals surface area contributed by atoms with Crippen molar-refractivity contribution in [2.75, 3.05) is 5.32 Å². The summed E-state index contributed by atoms with van der Waals surface area (Å²) in [4.78, 5) is 23.6. The Balaban J connectivity index is 1.89. The number of nitrogens with zero attached hydrogens (tertiary/aromatic N) is 2. The number of hydrogen-bond donors (Lipinski definition) is 2. The molecule has 6 nitrogen and oxygen atoms in total. The minimum atomic E-state index is -1.01. The number of carboxylic acids is 1. The summed E-state index contributed by atoms with van der Waals surface area (Å²) in [6.45, 7) is 1.78. The number of anilines is 1. The zero-order chi connectivity index (χ0) is 21.0. The van der Waals surface area contributed by atoms with Gasteiger partial charge < -0.3 is 15.0 Å². The van der Waals surface area contributed by atoms with E-state index in [1.807, 2.05) is 6.07 Å². The van der Waals surface area contributed by atoms with Crippen LogP contribution in [0.15, 0.2) is 66.4 Å². The van der Waals surface area contributed by atoms with Crippen molar-refractivity contribution in [3.8, 4) is 11.8 Å². The van der Waals surface area contributed by atoms with Gasteiger partial charge in [-0.1, -0.05) is 17.7 Å². The molecule has 1 heterocycles. The summed E-state index contributed by atoms with van der Waals surface area (Å²) in [5, 5.41) is 21.7. The van der Waals surface area contributed by atoms with Crippen molar-refractivity contribution < 1.29 is 14.7 Å². The molecule has 0 unspecified atom stereocenters. The highest BCUT2D eigenvalue weighted by Crippen LogP contribution is 2.24. The molecule has 2 N–H and O–H groups in total. The Morgan fingerprint density at radius 3 is 2.52 bits per heavy atom. The monoisotopic (exact) mass is 405 g/mol. The molecule has 29 heavy (non-hydrogen) atoms. The number of rotatable bonds is 5. The lowest BCUT2D eigenvalue weighted by Gasteiger charge is -2.10. The molecule has 0 spiro atoms. The second kappa shape index (κ2) is 8.46. The van der Waals surface area contributed by atoms with Gasteiger partial charge in [0.25, 0.3) is 5.91 Å². The van der Waals surface area contributed by atoms with E-state index in [2.05, 4.69) is 5.32 Å². The van der Waals surface area contributed by atoms with Crippen molar-refractivity contribution >= 4 is 35.2 Å². The number of carboxylic acid groups (broad SMARTS) is 1. The fourth-order valence-corrected chi connectivity index (χ4v) is 2.92. The first-order chi connectivity index (χ1) is 13.9. The van der Waals surface area contributed by atoms with Crippen LogP contribution in [0.3, 0.4) is 0 Å². The molecule has 0 saturated heterocycles. The molecule has 2 aromatic carbocycles. The normalized spacial score (nSPS) is 11.0. The lowest BCUT2D eigenvalue weighted by Crippen LogP contribution is -2.14. The molecule has 0 atom stereocenters. The number of nitrogens with one attached hydrogen (secondary N) is 1. The molecule has 0 bridgehead atoms. The summed E-state index contributed by atoms with van der Waals surface area (Å²) >= 11 is 6.07. The zero-order valence-corrected chi connectivity index (χ0v) is 16.1. The van der Waals surface area contributed by atoms with E-state index < -0.39 is 11.9 Å². The van der Waals surface area contributed by atoms with Gasteiger partial charge in [-0.25, -0.2) is 4.79 Å². The van der Waals surface area contributed by atoms with Crippen LogP contribution in [0.5, 0.6) is 0 Å². The molecular formula is C22H16ClN3O3. The maximum absolute atomic E-state index is 12.6. The van der Waals surface area contributed by atoms with Gasteiger partial charge in [-0.05, 0) is 67.1 Å². The van der Waals surface area contributed by atoms with Crippen LogP contribution in [0, 0.1) is 18.3 Å². The van der Waals surface area contributed by atoms with Gasteiger partial charge in [0.05, 0.1) is 5.56 Å². The third-order valence-corrected chi connectivity index (χ3v) is 4.76. The Labute approximate surface area is 172 Å². The highest BCUT2D eigenvalue weighted by Gasteiger charge is 2.13. The highest BCUT2D eigenvalue weighted by atomic mass is 35.5. The summed E-state index contributed by atoms with van der Waals surface area (Å²) in [5.41, 5.74) is 2.64. The molecule has 0 aliphatic carbocycles. The molecule has 0 radical (unpaired) electrons. The maximum Gasteiger partial charge on any atom is 0.335 e. The van der Waals surface area contributed by atoms with Gasteiger partial charge >= 0.3 is 5.97 Å². The van der Waals surface area contributed by atoms with Crippen LogP contribution in [0.25, 0.3) is 11.8 Å². The average Bonchev–Trinajstić information content (AvgIpc) is 3.17. The molecule has 3 rings (SSSR count). The number of aromatic carboxylic acids is 1. The van der Waals surface area contributed by atoms with E-state index in [1.54, 1.807) is 60.2 Å². The van der Waals surface area contributed by atoms with Crippen LogP contribution < -0.4 is 5.32 Å². The van der Waals surface area contributed by atoms with Gasteiger partial charge in [-0.3, -0.25) is 4.79 Å². The predicted molar refractivity (Wildman–Crippen MR) is 111 cm³/mol. The largest absolute Gasteiger partial charge is 0.478 e. The smallest absolute Gasteiger partial charge is 0.335 e. The number of hydrogen-bond acceptors (Lipinski definition) is 3.